The van der Waals surface area contributed by atoms with Crippen molar-refractivity contribution < 1.29 is 17.9 Å². The molecule has 0 amide bonds. The molecule has 74 valence electrons. The van der Waals surface area contributed by atoms with Crippen LogP contribution in [0.4, 0.5) is 0 Å². The molecule has 0 aliphatic heterocycles. The van der Waals surface area contributed by atoms with Crippen molar-refractivity contribution in [2.45, 2.75) is 6.04 Å². The van der Waals surface area contributed by atoms with Crippen molar-refractivity contribution in [1.82, 2.24) is 4.72 Å². The molecule has 0 saturated heterocycles. The van der Waals surface area contributed by atoms with Gasteiger partial charge in [-0.05, 0) is 0 Å². The van der Waals surface area contributed by atoms with Crippen molar-refractivity contribution >= 4 is 10.0 Å². The number of ether oxygens (including phenoxy) is 2. The molecule has 0 aromatic rings. The lowest BCUT2D eigenvalue weighted by atomic mass is 10.4. The van der Waals surface area contributed by atoms with Gasteiger partial charge in [-0.25, -0.2) is 13.1 Å². The van der Waals surface area contributed by atoms with Crippen LogP contribution in [0.1, 0.15) is 0 Å². The summed E-state index contributed by atoms with van der Waals surface area (Å²) in [5.74, 6) is 0. The Morgan fingerprint density at radius 3 is 1.92 bits per heavy atom. The first-order chi connectivity index (χ1) is 5.49. The second-order valence-corrected chi connectivity index (χ2v) is 4.28. The predicted molar refractivity (Wildman–Crippen MR) is 45.5 cm³/mol. The molecule has 0 radical (unpaired) electrons. The van der Waals surface area contributed by atoms with Crippen LogP contribution in [0.15, 0.2) is 0 Å². The predicted octanol–water partition coefficient (Wildman–Crippen LogP) is -0.803. The largest absolute Gasteiger partial charge is 0.383 e. The van der Waals surface area contributed by atoms with E-state index in [2.05, 4.69) is 4.72 Å². The molecule has 0 fully saturated rings. The van der Waals surface area contributed by atoms with E-state index in [1.54, 1.807) is 0 Å². The Hall–Kier alpha value is -0.170. The molecule has 1 N–H and O–H groups in total. The molecule has 0 aliphatic rings. The number of nitrogens with one attached hydrogen (secondary N) is 1. The summed E-state index contributed by atoms with van der Waals surface area (Å²) in [5.41, 5.74) is 0. The van der Waals surface area contributed by atoms with Crippen LogP contribution in [0.3, 0.4) is 0 Å². The molecular formula is C6H15NO4S. The Bertz CT molecular complexity index is 196. The summed E-state index contributed by atoms with van der Waals surface area (Å²) in [6, 6.07) is -0.310. The van der Waals surface area contributed by atoms with Crippen LogP contribution in [0.2, 0.25) is 0 Å². The van der Waals surface area contributed by atoms with Gasteiger partial charge in [0.25, 0.3) is 0 Å². The van der Waals surface area contributed by atoms with Crippen molar-refractivity contribution in [2.75, 3.05) is 33.7 Å². The highest BCUT2D eigenvalue weighted by Gasteiger charge is 2.12. The normalized spacial score (nSPS) is 12.3. The fourth-order valence-corrected chi connectivity index (χ4v) is 1.56. The minimum absolute atomic E-state index is 0.306. The maximum atomic E-state index is 10.8. The molecule has 0 unspecified atom stereocenters. The highest BCUT2D eigenvalue weighted by molar-refractivity contribution is 7.88. The van der Waals surface area contributed by atoms with E-state index in [-0.39, 0.29) is 6.04 Å². The maximum absolute atomic E-state index is 10.8. The van der Waals surface area contributed by atoms with Crippen molar-refractivity contribution in [1.29, 1.82) is 0 Å². The molecule has 0 aromatic carbocycles. The highest BCUT2D eigenvalue weighted by Crippen LogP contribution is 1.88. The third-order valence-electron chi connectivity index (χ3n) is 1.12. The van der Waals surface area contributed by atoms with Gasteiger partial charge in [0.15, 0.2) is 0 Å². The van der Waals surface area contributed by atoms with Gasteiger partial charge < -0.3 is 9.47 Å². The summed E-state index contributed by atoms with van der Waals surface area (Å²) in [4.78, 5) is 0. The zero-order valence-electron chi connectivity index (χ0n) is 7.53. The van der Waals surface area contributed by atoms with E-state index in [0.717, 1.165) is 6.26 Å². The lowest BCUT2D eigenvalue weighted by molar-refractivity contribution is 0.113. The second-order valence-electron chi connectivity index (χ2n) is 2.50. The minimum atomic E-state index is -3.18. The van der Waals surface area contributed by atoms with Crippen LogP contribution in [0, 0.1) is 0 Å². The molecule has 0 bridgehead atoms. The maximum Gasteiger partial charge on any atom is 0.209 e. The number of hydrogen-bond acceptors (Lipinski definition) is 4. The minimum Gasteiger partial charge on any atom is -0.383 e. The molecule has 5 nitrogen and oxygen atoms in total. The number of methoxy groups -OCH3 is 2. The molecular weight excluding hydrogens is 182 g/mol. The number of rotatable bonds is 6. The Kier molecular flexibility index (Phi) is 5.39. The number of hydrogen-bond donors (Lipinski definition) is 1. The zero-order valence-corrected chi connectivity index (χ0v) is 8.35. The second kappa shape index (κ2) is 5.47. The van der Waals surface area contributed by atoms with E-state index in [9.17, 15) is 8.42 Å². The van der Waals surface area contributed by atoms with E-state index in [0.29, 0.717) is 13.2 Å². The van der Waals surface area contributed by atoms with Gasteiger partial charge in [0, 0.05) is 14.2 Å². The molecule has 0 atom stereocenters. The molecule has 12 heavy (non-hydrogen) atoms. The van der Waals surface area contributed by atoms with Gasteiger partial charge in [-0.1, -0.05) is 0 Å². The van der Waals surface area contributed by atoms with Crippen LogP contribution < -0.4 is 4.72 Å². The Morgan fingerprint density at radius 1 is 1.25 bits per heavy atom. The lowest BCUT2D eigenvalue weighted by Crippen LogP contribution is -2.40. The van der Waals surface area contributed by atoms with Gasteiger partial charge in [0.1, 0.15) is 0 Å². The Morgan fingerprint density at radius 2 is 1.67 bits per heavy atom. The standard InChI is InChI=1S/C6H15NO4S/c1-10-4-6(5-11-2)7-12(3,8)9/h6-7H,4-5H2,1-3H3. The third kappa shape index (κ3) is 6.53. The van der Waals surface area contributed by atoms with Crippen molar-refractivity contribution in [3.8, 4) is 0 Å². The zero-order chi connectivity index (χ0) is 9.61. The third-order valence-corrected chi connectivity index (χ3v) is 1.88. The molecule has 0 heterocycles. The average molecular weight is 197 g/mol. The van der Waals surface area contributed by atoms with E-state index in [1.165, 1.54) is 14.2 Å². The summed E-state index contributed by atoms with van der Waals surface area (Å²) in [5, 5.41) is 0. The van der Waals surface area contributed by atoms with Gasteiger partial charge in [-0.2, -0.15) is 0 Å². The first-order valence-electron chi connectivity index (χ1n) is 3.44. The molecule has 0 aromatic heterocycles. The van der Waals surface area contributed by atoms with Gasteiger partial charge >= 0.3 is 0 Å². The molecule has 0 spiro atoms. The summed E-state index contributed by atoms with van der Waals surface area (Å²) < 4.78 is 33.5. The highest BCUT2D eigenvalue weighted by atomic mass is 32.2. The molecule has 0 aliphatic carbocycles. The van der Waals surface area contributed by atoms with Crippen LogP contribution in [-0.2, 0) is 19.5 Å². The van der Waals surface area contributed by atoms with Gasteiger partial charge in [0.05, 0.1) is 25.5 Å². The molecule has 0 saturated carbocycles. The summed E-state index contributed by atoms with van der Waals surface area (Å²) in [6.07, 6.45) is 1.10. The van der Waals surface area contributed by atoms with E-state index >= 15 is 0 Å². The molecule has 6 heteroatoms. The van der Waals surface area contributed by atoms with E-state index in [1.807, 2.05) is 0 Å². The van der Waals surface area contributed by atoms with Gasteiger partial charge in [-0.3, -0.25) is 0 Å². The van der Waals surface area contributed by atoms with Gasteiger partial charge in [0.2, 0.25) is 10.0 Å². The topological polar surface area (TPSA) is 64.6 Å². The van der Waals surface area contributed by atoms with Crippen molar-refractivity contribution in [3.05, 3.63) is 0 Å². The Labute approximate surface area is 73.1 Å². The lowest BCUT2D eigenvalue weighted by Gasteiger charge is -2.14. The van der Waals surface area contributed by atoms with E-state index < -0.39 is 10.0 Å². The number of sulfonamides is 1. The summed E-state index contributed by atoms with van der Waals surface area (Å²) in [6.45, 7) is 0.613. The van der Waals surface area contributed by atoms with Crippen LogP contribution in [-0.4, -0.2) is 48.1 Å². The first kappa shape index (κ1) is 11.8. The van der Waals surface area contributed by atoms with Crippen LogP contribution in [0.25, 0.3) is 0 Å². The monoisotopic (exact) mass is 197 g/mol. The molecule has 0 rings (SSSR count). The fourth-order valence-electron chi connectivity index (χ4n) is 0.821. The first-order valence-corrected chi connectivity index (χ1v) is 5.34. The fraction of sp³-hybridized carbons (Fsp3) is 1.00. The summed E-state index contributed by atoms with van der Waals surface area (Å²) >= 11 is 0. The Balaban J connectivity index is 3.95. The van der Waals surface area contributed by atoms with Gasteiger partial charge in [-0.15, -0.1) is 0 Å². The SMILES string of the molecule is COCC(COC)NS(C)(=O)=O. The average Bonchev–Trinajstić information content (AvgIpc) is 1.84. The van der Waals surface area contributed by atoms with Crippen molar-refractivity contribution in [3.63, 3.8) is 0 Å². The van der Waals surface area contributed by atoms with Crippen LogP contribution in [0.5, 0.6) is 0 Å². The smallest absolute Gasteiger partial charge is 0.209 e. The van der Waals surface area contributed by atoms with Crippen LogP contribution >= 0.6 is 0 Å². The quantitative estimate of drug-likeness (QED) is 0.605. The van der Waals surface area contributed by atoms with Crippen molar-refractivity contribution in [2.24, 2.45) is 0 Å². The van der Waals surface area contributed by atoms with E-state index in [4.69, 9.17) is 9.47 Å². The summed E-state index contributed by atoms with van der Waals surface area (Å²) in [7, 11) is -0.165.